The lowest BCUT2D eigenvalue weighted by Gasteiger charge is -2.06. The van der Waals surface area contributed by atoms with E-state index in [4.69, 9.17) is 0 Å². The molecule has 3 aromatic carbocycles. The van der Waals surface area contributed by atoms with E-state index in [1.807, 2.05) is 18.2 Å². The first-order chi connectivity index (χ1) is 8.83. The van der Waals surface area contributed by atoms with Crippen LogP contribution in [0.25, 0.3) is 10.8 Å². The Morgan fingerprint density at radius 1 is 0.722 bits per heavy atom. The molecule has 0 aliphatic rings. The molecule has 0 heterocycles. The highest BCUT2D eigenvalue weighted by atomic mass is 19.1. The summed E-state index contributed by atoms with van der Waals surface area (Å²) in [6, 6.07) is 21.0. The number of fused-ring (bicyclic) bond motifs is 1. The van der Waals surface area contributed by atoms with Crippen LogP contribution in [0.4, 0.5) is 4.39 Å². The van der Waals surface area contributed by atoms with Crippen molar-refractivity contribution in [1.29, 1.82) is 0 Å². The van der Waals surface area contributed by atoms with Gasteiger partial charge in [-0.15, -0.1) is 0 Å². The molecule has 0 N–H and O–H groups in total. The number of hydrogen-bond donors (Lipinski definition) is 0. The molecule has 1 heteroatoms. The monoisotopic (exact) mass is 235 g/mol. The Balaban J connectivity index is 2.02. The van der Waals surface area contributed by atoms with Gasteiger partial charge >= 0.3 is 0 Å². The second-order valence-electron chi connectivity index (χ2n) is 4.26. The normalized spacial score (nSPS) is 10.7. The topological polar surface area (TPSA) is 0 Å². The third kappa shape index (κ3) is 2.12. The van der Waals surface area contributed by atoms with Gasteiger partial charge in [-0.3, -0.25) is 0 Å². The number of hydrogen-bond acceptors (Lipinski definition) is 0. The fourth-order valence-electron chi connectivity index (χ4n) is 2.11. The zero-order valence-electron chi connectivity index (χ0n) is 9.81. The molecule has 0 aliphatic carbocycles. The predicted molar refractivity (Wildman–Crippen MR) is 72.9 cm³/mol. The Kier molecular flexibility index (Phi) is 2.81. The number of benzene rings is 3. The van der Waals surface area contributed by atoms with E-state index >= 15 is 0 Å². The molecule has 0 aromatic heterocycles. The Bertz CT molecular complexity index is 663. The average Bonchev–Trinajstić information content (AvgIpc) is 2.42. The molecule has 0 nitrogen and oxygen atoms in total. The number of rotatable bonds is 2. The molecule has 0 atom stereocenters. The van der Waals surface area contributed by atoms with Gasteiger partial charge in [-0.2, -0.15) is 0 Å². The molecule has 0 bridgehead atoms. The maximum Gasteiger partial charge on any atom is 0.123 e. The Hall–Kier alpha value is -2.15. The largest absolute Gasteiger partial charge is 0.207 e. The molecule has 0 saturated carbocycles. The van der Waals surface area contributed by atoms with Gasteiger partial charge in [0.1, 0.15) is 5.82 Å². The molecule has 0 amide bonds. The minimum Gasteiger partial charge on any atom is -0.207 e. The minimum atomic E-state index is -0.204. The highest BCUT2D eigenvalue weighted by Gasteiger charge is 2.02. The second kappa shape index (κ2) is 4.61. The van der Waals surface area contributed by atoms with E-state index < -0.39 is 0 Å². The first-order valence-electron chi connectivity index (χ1n) is 5.91. The SMILES string of the molecule is Fc1ccc([CH]c2cccc3ccccc23)cc1. The van der Waals surface area contributed by atoms with Crippen LogP contribution in [0.1, 0.15) is 11.1 Å². The van der Waals surface area contributed by atoms with Gasteiger partial charge < -0.3 is 0 Å². The van der Waals surface area contributed by atoms with Gasteiger partial charge in [0.15, 0.2) is 0 Å². The van der Waals surface area contributed by atoms with E-state index in [9.17, 15) is 4.39 Å². The lowest BCUT2D eigenvalue weighted by atomic mass is 9.98. The first-order valence-corrected chi connectivity index (χ1v) is 5.91. The van der Waals surface area contributed by atoms with Gasteiger partial charge in [-0.25, -0.2) is 4.39 Å². The molecule has 0 aliphatic heterocycles. The zero-order chi connectivity index (χ0) is 12.4. The maximum absolute atomic E-state index is 12.9. The van der Waals surface area contributed by atoms with E-state index in [0.717, 1.165) is 11.1 Å². The van der Waals surface area contributed by atoms with E-state index in [1.165, 1.54) is 22.9 Å². The molecule has 0 fully saturated rings. The summed E-state index contributed by atoms with van der Waals surface area (Å²) < 4.78 is 12.9. The molecular weight excluding hydrogens is 223 g/mol. The van der Waals surface area contributed by atoms with Crippen molar-refractivity contribution < 1.29 is 4.39 Å². The van der Waals surface area contributed by atoms with Crippen molar-refractivity contribution in [3.05, 3.63) is 90.1 Å². The number of halogens is 1. The van der Waals surface area contributed by atoms with Crippen LogP contribution in [-0.4, -0.2) is 0 Å². The molecule has 18 heavy (non-hydrogen) atoms. The molecule has 1 radical (unpaired) electrons. The summed E-state index contributed by atoms with van der Waals surface area (Å²) in [6.07, 6.45) is 2.07. The summed E-state index contributed by atoms with van der Waals surface area (Å²) in [5.41, 5.74) is 2.16. The van der Waals surface area contributed by atoms with E-state index in [0.29, 0.717) is 0 Å². The van der Waals surface area contributed by atoms with Gasteiger partial charge in [-0.05, 0) is 34.0 Å². The third-order valence-corrected chi connectivity index (χ3v) is 3.02. The maximum atomic E-state index is 12.9. The summed E-state index contributed by atoms with van der Waals surface area (Å²) in [5, 5.41) is 2.43. The van der Waals surface area contributed by atoms with Crippen molar-refractivity contribution in [3.8, 4) is 0 Å². The van der Waals surface area contributed by atoms with Crippen molar-refractivity contribution in [1.82, 2.24) is 0 Å². The molecule has 0 spiro atoms. The highest BCUT2D eigenvalue weighted by molar-refractivity contribution is 5.87. The zero-order valence-corrected chi connectivity index (χ0v) is 9.81. The lowest BCUT2D eigenvalue weighted by molar-refractivity contribution is 0.627. The van der Waals surface area contributed by atoms with Crippen LogP contribution in [0.2, 0.25) is 0 Å². The van der Waals surface area contributed by atoms with Crippen LogP contribution in [0.5, 0.6) is 0 Å². The van der Waals surface area contributed by atoms with Crippen molar-refractivity contribution in [3.63, 3.8) is 0 Å². The van der Waals surface area contributed by atoms with E-state index in [1.54, 1.807) is 12.1 Å². The molecule has 0 saturated heterocycles. The Labute approximate surface area is 106 Å². The molecule has 3 aromatic rings. The summed E-state index contributed by atoms with van der Waals surface area (Å²) >= 11 is 0. The minimum absolute atomic E-state index is 0.204. The quantitative estimate of drug-likeness (QED) is 0.610. The van der Waals surface area contributed by atoms with E-state index in [2.05, 4.69) is 30.7 Å². The van der Waals surface area contributed by atoms with Gasteiger partial charge in [0.25, 0.3) is 0 Å². The molecule has 87 valence electrons. The van der Waals surface area contributed by atoms with E-state index in [-0.39, 0.29) is 5.82 Å². The van der Waals surface area contributed by atoms with Crippen molar-refractivity contribution in [2.75, 3.05) is 0 Å². The van der Waals surface area contributed by atoms with Crippen molar-refractivity contribution >= 4 is 10.8 Å². The summed E-state index contributed by atoms with van der Waals surface area (Å²) in [5.74, 6) is -0.204. The van der Waals surface area contributed by atoms with Crippen LogP contribution in [0.3, 0.4) is 0 Å². The second-order valence-corrected chi connectivity index (χ2v) is 4.26. The van der Waals surface area contributed by atoms with Crippen molar-refractivity contribution in [2.45, 2.75) is 0 Å². The fourth-order valence-corrected chi connectivity index (χ4v) is 2.11. The van der Waals surface area contributed by atoms with Crippen LogP contribution in [-0.2, 0) is 0 Å². The first kappa shape index (κ1) is 11.0. The summed E-state index contributed by atoms with van der Waals surface area (Å²) in [4.78, 5) is 0. The van der Waals surface area contributed by atoms with Gasteiger partial charge in [-0.1, -0.05) is 54.6 Å². The van der Waals surface area contributed by atoms with Gasteiger partial charge in [0.2, 0.25) is 0 Å². The van der Waals surface area contributed by atoms with Crippen LogP contribution in [0.15, 0.2) is 66.7 Å². The van der Waals surface area contributed by atoms with Crippen molar-refractivity contribution in [2.24, 2.45) is 0 Å². The summed E-state index contributed by atoms with van der Waals surface area (Å²) in [7, 11) is 0. The van der Waals surface area contributed by atoms with Gasteiger partial charge in [0.05, 0.1) is 0 Å². The predicted octanol–water partition coefficient (Wildman–Crippen LogP) is 4.58. The average molecular weight is 235 g/mol. The molecule has 0 unspecified atom stereocenters. The van der Waals surface area contributed by atoms with Gasteiger partial charge in [0, 0.05) is 6.42 Å². The Morgan fingerprint density at radius 3 is 2.28 bits per heavy atom. The van der Waals surface area contributed by atoms with Crippen LogP contribution < -0.4 is 0 Å². The fraction of sp³-hybridized carbons (Fsp3) is 0. The highest BCUT2D eigenvalue weighted by Crippen LogP contribution is 2.22. The molecular formula is C17H12F. The van der Waals surface area contributed by atoms with Crippen LogP contribution in [0, 0.1) is 12.2 Å². The molecule has 3 rings (SSSR count). The Morgan fingerprint density at radius 2 is 1.44 bits per heavy atom. The smallest absolute Gasteiger partial charge is 0.123 e. The van der Waals surface area contributed by atoms with Crippen LogP contribution >= 0.6 is 0 Å². The lowest BCUT2D eigenvalue weighted by Crippen LogP contribution is -1.87. The standard InChI is InChI=1S/C17H12F/c18-16-10-8-13(9-11-16)12-15-6-3-5-14-4-1-2-7-17(14)15/h1-12H. The third-order valence-electron chi connectivity index (χ3n) is 3.02. The summed E-state index contributed by atoms with van der Waals surface area (Å²) in [6.45, 7) is 0.